The van der Waals surface area contributed by atoms with E-state index in [0.29, 0.717) is 5.56 Å². The number of nitrogens with two attached hydrogens (primary N) is 1. The average molecular weight is 253 g/mol. The molecule has 4 heteroatoms. The van der Waals surface area contributed by atoms with Crippen LogP contribution in [-0.4, -0.2) is 9.97 Å². The molecule has 94 valence electrons. The van der Waals surface area contributed by atoms with Crippen LogP contribution in [0.3, 0.4) is 0 Å². The maximum atomic E-state index is 13.7. The third kappa shape index (κ3) is 2.18. The van der Waals surface area contributed by atoms with Crippen molar-refractivity contribution in [1.29, 1.82) is 0 Å². The van der Waals surface area contributed by atoms with Crippen molar-refractivity contribution >= 4 is 10.9 Å². The monoisotopic (exact) mass is 253 g/mol. The van der Waals surface area contributed by atoms with Crippen LogP contribution in [0.15, 0.2) is 55.0 Å². The van der Waals surface area contributed by atoms with Gasteiger partial charge in [0.15, 0.2) is 0 Å². The number of hydrogen-bond acceptors (Lipinski definition) is 3. The van der Waals surface area contributed by atoms with Gasteiger partial charge in [-0.3, -0.25) is 9.97 Å². The normalized spacial score (nSPS) is 12.5. The summed E-state index contributed by atoms with van der Waals surface area (Å²) in [7, 11) is 0. The van der Waals surface area contributed by atoms with Crippen molar-refractivity contribution < 1.29 is 4.39 Å². The first-order valence-electron chi connectivity index (χ1n) is 5.95. The fourth-order valence-corrected chi connectivity index (χ4v) is 2.08. The molecule has 19 heavy (non-hydrogen) atoms. The minimum atomic E-state index is -0.542. The first kappa shape index (κ1) is 11.7. The molecule has 3 nitrogen and oxygen atoms in total. The van der Waals surface area contributed by atoms with E-state index in [-0.39, 0.29) is 0 Å². The highest BCUT2D eigenvalue weighted by molar-refractivity contribution is 5.78. The number of nitrogens with zero attached hydrogens (tertiary/aromatic N) is 2. The second kappa shape index (κ2) is 4.74. The van der Waals surface area contributed by atoms with Gasteiger partial charge in [0.2, 0.25) is 0 Å². The predicted molar refractivity (Wildman–Crippen MR) is 72.0 cm³/mol. The molecule has 0 spiro atoms. The van der Waals surface area contributed by atoms with Crippen molar-refractivity contribution in [1.82, 2.24) is 9.97 Å². The molecule has 0 bridgehead atoms. The number of rotatable bonds is 2. The van der Waals surface area contributed by atoms with Gasteiger partial charge in [0.05, 0.1) is 17.8 Å². The summed E-state index contributed by atoms with van der Waals surface area (Å²) in [5.74, 6) is -0.400. The van der Waals surface area contributed by atoms with Crippen LogP contribution in [0.25, 0.3) is 10.9 Å². The van der Waals surface area contributed by atoms with E-state index in [4.69, 9.17) is 5.73 Å². The van der Waals surface area contributed by atoms with Crippen molar-refractivity contribution in [2.24, 2.45) is 5.73 Å². The van der Waals surface area contributed by atoms with Gasteiger partial charge in [-0.05, 0) is 23.8 Å². The Kier molecular flexibility index (Phi) is 2.93. The SMILES string of the molecule is NC(c1cnc2ccccc2c1)c1ccncc1F. The Bertz CT molecular complexity index is 727. The summed E-state index contributed by atoms with van der Waals surface area (Å²) in [5.41, 5.74) is 8.20. The van der Waals surface area contributed by atoms with E-state index in [1.807, 2.05) is 30.3 Å². The van der Waals surface area contributed by atoms with E-state index >= 15 is 0 Å². The zero-order valence-corrected chi connectivity index (χ0v) is 10.1. The number of benzene rings is 1. The molecule has 3 rings (SSSR count). The van der Waals surface area contributed by atoms with Gasteiger partial charge in [-0.1, -0.05) is 18.2 Å². The molecule has 2 N–H and O–H groups in total. The lowest BCUT2D eigenvalue weighted by molar-refractivity contribution is 0.593. The van der Waals surface area contributed by atoms with Gasteiger partial charge in [0, 0.05) is 23.3 Å². The average Bonchev–Trinajstić information content (AvgIpc) is 2.46. The van der Waals surface area contributed by atoms with Gasteiger partial charge in [0.1, 0.15) is 5.82 Å². The van der Waals surface area contributed by atoms with Crippen LogP contribution in [0.4, 0.5) is 4.39 Å². The summed E-state index contributed by atoms with van der Waals surface area (Å²) in [5, 5.41) is 0.991. The molecule has 0 radical (unpaired) electrons. The Morgan fingerprint density at radius 2 is 1.95 bits per heavy atom. The van der Waals surface area contributed by atoms with Crippen molar-refractivity contribution in [3.8, 4) is 0 Å². The highest BCUT2D eigenvalue weighted by Gasteiger charge is 2.14. The molecule has 0 aliphatic carbocycles. The molecule has 3 aromatic rings. The molecule has 2 aromatic heterocycles. The van der Waals surface area contributed by atoms with Gasteiger partial charge in [-0.2, -0.15) is 0 Å². The predicted octanol–water partition coefficient (Wildman–Crippen LogP) is 2.82. The lowest BCUT2D eigenvalue weighted by atomic mass is 10.0. The molecule has 0 saturated heterocycles. The highest BCUT2D eigenvalue weighted by atomic mass is 19.1. The molecule has 1 atom stereocenters. The van der Waals surface area contributed by atoms with Crippen LogP contribution in [0.2, 0.25) is 0 Å². The fraction of sp³-hybridized carbons (Fsp3) is 0.0667. The molecule has 0 amide bonds. The lowest BCUT2D eigenvalue weighted by Crippen LogP contribution is -2.14. The standard InChI is InChI=1S/C15H12FN3/c16-13-9-18-6-5-12(13)15(17)11-7-10-3-1-2-4-14(10)19-8-11/h1-9,15H,17H2. The summed E-state index contributed by atoms with van der Waals surface area (Å²) >= 11 is 0. The zero-order valence-electron chi connectivity index (χ0n) is 10.1. The first-order valence-corrected chi connectivity index (χ1v) is 5.95. The third-order valence-electron chi connectivity index (χ3n) is 3.11. The lowest BCUT2D eigenvalue weighted by Gasteiger charge is -2.13. The summed E-state index contributed by atoms with van der Waals surface area (Å²) < 4.78 is 13.7. The van der Waals surface area contributed by atoms with Crippen LogP contribution in [0, 0.1) is 5.82 Å². The number of halogens is 1. The topological polar surface area (TPSA) is 51.8 Å². The second-order valence-electron chi connectivity index (χ2n) is 4.34. The maximum Gasteiger partial charge on any atom is 0.146 e. The minimum Gasteiger partial charge on any atom is -0.320 e. The van der Waals surface area contributed by atoms with E-state index in [1.165, 1.54) is 12.4 Å². The molecule has 0 aliphatic heterocycles. The molecule has 1 unspecified atom stereocenters. The smallest absolute Gasteiger partial charge is 0.146 e. The van der Waals surface area contributed by atoms with E-state index in [1.54, 1.807) is 12.3 Å². The van der Waals surface area contributed by atoms with Crippen LogP contribution in [0.1, 0.15) is 17.2 Å². The Balaban J connectivity index is 2.07. The molecule has 1 aromatic carbocycles. The van der Waals surface area contributed by atoms with Gasteiger partial charge < -0.3 is 5.73 Å². The van der Waals surface area contributed by atoms with Crippen molar-refractivity contribution in [2.75, 3.05) is 0 Å². The van der Waals surface area contributed by atoms with Crippen molar-refractivity contribution in [2.45, 2.75) is 6.04 Å². The largest absolute Gasteiger partial charge is 0.320 e. The number of fused-ring (bicyclic) bond motifs is 1. The van der Waals surface area contributed by atoms with E-state index in [0.717, 1.165) is 16.5 Å². The molecule has 0 aliphatic rings. The molecule has 2 heterocycles. The van der Waals surface area contributed by atoms with Crippen LogP contribution in [0.5, 0.6) is 0 Å². The third-order valence-corrected chi connectivity index (χ3v) is 3.11. The van der Waals surface area contributed by atoms with Crippen molar-refractivity contribution in [3.05, 3.63) is 71.9 Å². The number of para-hydroxylation sites is 1. The summed E-state index contributed by atoms with van der Waals surface area (Å²) in [4.78, 5) is 8.06. The minimum absolute atomic E-state index is 0.400. The maximum absolute atomic E-state index is 13.7. The first-order chi connectivity index (χ1) is 9.25. The van der Waals surface area contributed by atoms with Gasteiger partial charge in [-0.25, -0.2) is 4.39 Å². The second-order valence-corrected chi connectivity index (χ2v) is 4.34. The molecule has 0 fully saturated rings. The van der Waals surface area contributed by atoms with E-state index in [2.05, 4.69) is 9.97 Å². The number of aromatic nitrogens is 2. The van der Waals surface area contributed by atoms with Crippen molar-refractivity contribution in [3.63, 3.8) is 0 Å². The Hall–Kier alpha value is -2.33. The summed E-state index contributed by atoms with van der Waals surface area (Å²) in [6, 6.07) is 10.7. The van der Waals surface area contributed by atoms with Crippen LogP contribution >= 0.6 is 0 Å². The van der Waals surface area contributed by atoms with Gasteiger partial charge in [-0.15, -0.1) is 0 Å². The Morgan fingerprint density at radius 1 is 1.11 bits per heavy atom. The van der Waals surface area contributed by atoms with E-state index in [9.17, 15) is 4.39 Å². The fourth-order valence-electron chi connectivity index (χ4n) is 2.08. The van der Waals surface area contributed by atoms with Crippen LogP contribution in [-0.2, 0) is 0 Å². The van der Waals surface area contributed by atoms with E-state index < -0.39 is 11.9 Å². The summed E-state index contributed by atoms with van der Waals surface area (Å²) in [6.45, 7) is 0. The van der Waals surface area contributed by atoms with Gasteiger partial charge in [0.25, 0.3) is 0 Å². The molecular weight excluding hydrogens is 241 g/mol. The quantitative estimate of drug-likeness (QED) is 0.764. The van der Waals surface area contributed by atoms with Gasteiger partial charge >= 0.3 is 0 Å². The summed E-state index contributed by atoms with van der Waals surface area (Å²) in [6.07, 6.45) is 4.39. The van der Waals surface area contributed by atoms with Crippen LogP contribution < -0.4 is 5.73 Å². The molecule has 0 saturated carbocycles. The number of pyridine rings is 2. The Labute approximate surface area is 109 Å². The Morgan fingerprint density at radius 3 is 2.79 bits per heavy atom. The zero-order chi connectivity index (χ0) is 13.2. The highest BCUT2D eigenvalue weighted by Crippen LogP contribution is 2.23. The molecular formula is C15H12FN3. The number of hydrogen-bond donors (Lipinski definition) is 1.